The zero-order valence-electron chi connectivity index (χ0n) is 11.8. The summed E-state index contributed by atoms with van der Waals surface area (Å²) in [6, 6.07) is 0. The summed E-state index contributed by atoms with van der Waals surface area (Å²) in [5.74, 6) is -1.51. The Morgan fingerprint density at radius 2 is 2.14 bits per heavy atom. The molecule has 7 heteroatoms. The Bertz CT molecular complexity index is 616. The number of imide groups is 1. The molecule has 0 bridgehead atoms. The lowest BCUT2D eigenvalue weighted by Gasteiger charge is -2.22. The number of anilines is 1. The number of hydrogen-bond acceptors (Lipinski definition) is 5. The van der Waals surface area contributed by atoms with Gasteiger partial charge >= 0.3 is 5.97 Å². The number of rotatable bonds is 5. The second kappa shape index (κ2) is 5.77. The lowest BCUT2D eigenvalue weighted by Crippen LogP contribution is -2.35. The fraction of sp³-hybridized carbons (Fsp3) is 0.429. The molecule has 1 aliphatic heterocycles. The summed E-state index contributed by atoms with van der Waals surface area (Å²) in [5, 5.41) is 8.89. The maximum absolute atomic E-state index is 12.5. The number of carbonyl (C=O) groups excluding carboxylic acids is 2. The smallest absolute Gasteiger partial charge is 0.328 e. The summed E-state index contributed by atoms with van der Waals surface area (Å²) in [7, 11) is 0. The monoisotopic (exact) mass is 308 g/mol. The van der Waals surface area contributed by atoms with Crippen molar-refractivity contribution in [3.63, 3.8) is 0 Å². The SMILES string of the molecule is CCC1(CC)CC(=O)N(c2ncc(C=CC(=O)O)s2)C1=O. The van der Waals surface area contributed by atoms with E-state index >= 15 is 0 Å². The highest BCUT2D eigenvalue weighted by atomic mass is 32.1. The Hall–Kier alpha value is -2.02. The van der Waals surface area contributed by atoms with Crippen LogP contribution < -0.4 is 4.90 Å². The Kier molecular flexibility index (Phi) is 4.22. The van der Waals surface area contributed by atoms with Crippen LogP contribution in [0.25, 0.3) is 6.08 Å². The highest BCUT2D eigenvalue weighted by molar-refractivity contribution is 7.16. The molecule has 0 unspecified atom stereocenters. The first-order valence-electron chi connectivity index (χ1n) is 6.67. The van der Waals surface area contributed by atoms with Crippen LogP contribution in [0, 0.1) is 5.41 Å². The van der Waals surface area contributed by atoms with Gasteiger partial charge in [-0.25, -0.2) is 14.7 Å². The van der Waals surface area contributed by atoms with Crippen LogP contribution in [0.3, 0.4) is 0 Å². The minimum atomic E-state index is -1.06. The first-order chi connectivity index (χ1) is 9.93. The molecule has 112 valence electrons. The molecule has 2 amide bonds. The number of carboxylic acids is 1. The van der Waals surface area contributed by atoms with Gasteiger partial charge in [0.1, 0.15) is 0 Å². The molecule has 0 radical (unpaired) electrons. The predicted molar refractivity (Wildman–Crippen MR) is 78.9 cm³/mol. The van der Waals surface area contributed by atoms with Crippen molar-refractivity contribution in [1.29, 1.82) is 0 Å². The molecule has 1 saturated heterocycles. The van der Waals surface area contributed by atoms with Gasteiger partial charge in [0.25, 0.3) is 0 Å². The van der Waals surface area contributed by atoms with E-state index in [4.69, 9.17) is 5.11 Å². The first-order valence-corrected chi connectivity index (χ1v) is 7.49. The molecule has 1 fully saturated rings. The molecule has 21 heavy (non-hydrogen) atoms. The second-order valence-electron chi connectivity index (χ2n) is 4.92. The highest BCUT2D eigenvalue weighted by Gasteiger charge is 2.50. The number of aliphatic carboxylic acids is 1. The van der Waals surface area contributed by atoms with E-state index in [0.717, 1.165) is 22.3 Å². The maximum atomic E-state index is 12.5. The maximum Gasteiger partial charge on any atom is 0.328 e. The van der Waals surface area contributed by atoms with Crippen molar-refractivity contribution in [3.05, 3.63) is 17.2 Å². The van der Waals surface area contributed by atoms with Crippen molar-refractivity contribution in [3.8, 4) is 0 Å². The van der Waals surface area contributed by atoms with Gasteiger partial charge in [-0.15, -0.1) is 0 Å². The molecule has 1 aromatic rings. The quantitative estimate of drug-likeness (QED) is 0.666. The van der Waals surface area contributed by atoms with Crippen LogP contribution in [0.1, 0.15) is 38.0 Å². The lowest BCUT2D eigenvalue weighted by molar-refractivity contribution is -0.131. The molecule has 0 aliphatic carbocycles. The van der Waals surface area contributed by atoms with E-state index in [9.17, 15) is 14.4 Å². The van der Waals surface area contributed by atoms with Crippen LogP contribution in [0.15, 0.2) is 12.3 Å². The van der Waals surface area contributed by atoms with Crippen molar-refractivity contribution < 1.29 is 19.5 Å². The van der Waals surface area contributed by atoms with Crippen molar-refractivity contribution in [2.75, 3.05) is 4.90 Å². The van der Waals surface area contributed by atoms with Gasteiger partial charge in [-0.05, 0) is 18.9 Å². The van der Waals surface area contributed by atoms with Crippen LogP contribution >= 0.6 is 11.3 Å². The topological polar surface area (TPSA) is 87.6 Å². The summed E-state index contributed by atoms with van der Waals surface area (Å²) in [5.41, 5.74) is -0.625. The molecule has 1 aliphatic rings. The van der Waals surface area contributed by atoms with E-state index in [-0.39, 0.29) is 18.2 Å². The third kappa shape index (κ3) is 2.73. The third-order valence-electron chi connectivity index (χ3n) is 3.84. The largest absolute Gasteiger partial charge is 0.478 e. The van der Waals surface area contributed by atoms with Crippen molar-refractivity contribution in [2.45, 2.75) is 33.1 Å². The van der Waals surface area contributed by atoms with Gasteiger partial charge in [0.2, 0.25) is 11.8 Å². The second-order valence-corrected chi connectivity index (χ2v) is 5.96. The number of thiazole rings is 1. The van der Waals surface area contributed by atoms with Gasteiger partial charge in [-0.2, -0.15) is 0 Å². The average Bonchev–Trinajstić information content (AvgIpc) is 2.99. The molecular formula is C14H16N2O4S. The lowest BCUT2D eigenvalue weighted by atomic mass is 9.81. The number of hydrogen-bond donors (Lipinski definition) is 1. The van der Waals surface area contributed by atoms with Gasteiger partial charge in [-0.3, -0.25) is 9.59 Å². The summed E-state index contributed by atoms with van der Waals surface area (Å²) in [6.45, 7) is 3.81. The van der Waals surface area contributed by atoms with Crippen LogP contribution in [0.4, 0.5) is 5.13 Å². The summed E-state index contributed by atoms with van der Waals surface area (Å²) >= 11 is 1.12. The molecule has 1 aromatic heterocycles. The zero-order chi connectivity index (χ0) is 15.6. The molecule has 0 saturated carbocycles. The van der Waals surface area contributed by atoms with E-state index < -0.39 is 11.4 Å². The van der Waals surface area contributed by atoms with E-state index in [0.29, 0.717) is 22.9 Å². The summed E-state index contributed by atoms with van der Waals surface area (Å²) < 4.78 is 0. The molecule has 0 aromatic carbocycles. The fourth-order valence-corrected chi connectivity index (χ4v) is 3.24. The number of carbonyl (C=O) groups is 3. The van der Waals surface area contributed by atoms with Crippen molar-refractivity contribution in [2.24, 2.45) is 5.41 Å². The number of aromatic nitrogens is 1. The predicted octanol–water partition coefficient (Wildman–Crippen LogP) is 2.31. The average molecular weight is 308 g/mol. The Morgan fingerprint density at radius 3 is 2.67 bits per heavy atom. The molecule has 0 atom stereocenters. The van der Waals surface area contributed by atoms with Crippen molar-refractivity contribution >= 4 is 40.3 Å². The Morgan fingerprint density at radius 1 is 1.48 bits per heavy atom. The van der Waals surface area contributed by atoms with Crippen LogP contribution in [-0.2, 0) is 14.4 Å². The van der Waals surface area contributed by atoms with Crippen LogP contribution in [-0.4, -0.2) is 27.9 Å². The molecule has 0 spiro atoms. The van der Waals surface area contributed by atoms with Gasteiger partial charge in [-0.1, -0.05) is 25.2 Å². The number of nitrogens with zero attached hydrogens (tertiary/aromatic N) is 2. The summed E-state index contributed by atoms with van der Waals surface area (Å²) in [4.78, 5) is 41.0. The normalized spacial score (nSPS) is 17.9. The van der Waals surface area contributed by atoms with E-state index in [2.05, 4.69) is 4.98 Å². The first kappa shape index (κ1) is 15.4. The number of amides is 2. The molecule has 2 heterocycles. The van der Waals surface area contributed by atoms with Gasteiger partial charge in [0.05, 0.1) is 5.41 Å². The van der Waals surface area contributed by atoms with E-state index in [1.807, 2.05) is 13.8 Å². The Balaban J connectivity index is 2.28. The standard InChI is InChI=1S/C14H16N2O4S/c1-3-14(4-2)7-10(17)16(12(14)20)13-15-8-9(21-13)5-6-11(18)19/h5-6,8H,3-4,7H2,1-2H3,(H,18,19). The van der Waals surface area contributed by atoms with Gasteiger partial charge in [0.15, 0.2) is 5.13 Å². The fourth-order valence-electron chi connectivity index (χ4n) is 2.40. The van der Waals surface area contributed by atoms with Crippen LogP contribution in [0.5, 0.6) is 0 Å². The van der Waals surface area contributed by atoms with E-state index in [1.165, 1.54) is 12.3 Å². The third-order valence-corrected chi connectivity index (χ3v) is 4.79. The minimum absolute atomic E-state index is 0.207. The Labute approximate surface area is 126 Å². The molecule has 1 N–H and O–H groups in total. The van der Waals surface area contributed by atoms with Gasteiger partial charge in [0, 0.05) is 23.6 Å². The van der Waals surface area contributed by atoms with Crippen LogP contribution in [0.2, 0.25) is 0 Å². The zero-order valence-corrected chi connectivity index (χ0v) is 12.6. The highest BCUT2D eigenvalue weighted by Crippen LogP contribution is 2.42. The summed E-state index contributed by atoms with van der Waals surface area (Å²) in [6.07, 6.45) is 5.27. The van der Waals surface area contributed by atoms with E-state index in [1.54, 1.807) is 0 Å². The van der Waals surface area contributed by atoms with Gasteiger partial charge < -0.3 is 5.11 Å². The molecule has 6 nitrogen and oxygen atoms in total. The van der Waals surface area contributed by atoms with Crippen molar-refractivity contribution in [1.82, 2.24) is 4.98 Å². The molecular weight excluding hydrogens is 292 g/mol. The minimum Gasteiger partial charge on any atom is -0.478 e. The number of carboxylic acid groups (broad SMARTS) is 1. The molecule has 2 rings (SSSR count).